The Labute approximate surface area is 96.1 Å². The van der Waals surface area contributed by atoms with Crippen LogP contribution in [-0.2, 0) is 23.6 Å². The van der Waals surface area contributed by atoms with Crippen LogP contribution in [0.1, 0.15) is 12.5 Å². The van der Waals surface area contributed by atoms with Crippen molar-refractivity contribution < 1.29 is 8.42 Å². The predicted octanol–water partition coefficient (Wildman–Crippen LogP) is -0.553. The van der Waals surface area contributed by atoms with E-state index in [2.05, 4.69) is 15.1 Å². The van der Waals surface area contributed by atoms with E-state index in [-0.39, 0.29) is 6.54 Å². The Bertz CT molecular complexity index is 426. The molecule has 16 heavy (non-hydrogen) atoms. The van der Waals surface area contributed by atoms with Gasteiger partial charge in [-0.2, -0.15) is 5.10 Å². The highest BCUT2D eigenvalue weighted by molar-refractivity contribution is 7.90. The summed E-state index contributed by atoms with van der Waals surface area (Å²) in [5.41, 5.74) is 0.850. The zero-order valence-electron chi connectivity index (χ0n) is 9.77. The predicted molar refractivity (Wildman–Crippen MR) is 62.4 cm³/mol. The average molecular weight is 246 g/mol. The van der Waals surface area contributed by atoms with E-state index in [1.54, 1.807) is 38.1 Å². The summed E-state index contributed by atoms with van der Waals surface area (Å²) >= 11 is 0. The molecule has 1 aromatic heterocycles. The van der Waals surface area contributed by atoms with Gasteiger partial charge in [-0.15, -0.1) is 0 Å². The van der Waals surface area contributed by atoms with Crippen molar-refractivity contribution in [1.29, 1.82) is 0 Å². The van der Waals surface area contributed by atoms with Crippen LogP contribution in [0.3, 0.4) is 0 Å². The van der Waals surface area contributed by atoms with Crippen LogP contribution in [0, 0.1) is 0 Å². The van der Waals surface area contributed by atoms with Gasteiger partial charge in [0.1, 0.15) is 0 Å². The standard InChI is InChI=1S/C9H18N4O2S/c1-8(4-10-2)16(14,15)12-6-9-5-11-13(3)7-9/h5,7-8,10,12H,4,6H2,1-3H3. The molecule has 1 unspecified atom stereocenters. The molecule has 0 aliphatic rings. The maximum atomic E-state index is 11.7. The monoisotopic (exact) mass is 246 g/mol. The molecule has 0 bridgehead atoms. The van der Waals surface area contributed by atoms with Gasteiger partial charge in [0, 0.05) is 31.9 Å². The number of aryl methyl sites for hydroxylation is 1. The molecule has 0 saturated carbocycles. The lowest BCUT2D eigenvalue weighted by molar-refractivity contribution is 0.563. The van der Waals surface area contributed by atoms with E-state index >= 15 is 0 Å². The number of rotatable bonds is 6. The fourth-order valence-corrected chi connectivity index (χ4v) is 2.32. The molecule has 0 radical (unpaired) electrons. The molecule has 0 aliphatic heterocycles. The van der Waals surface area contributed by atoms with Crippen LogP contribution in [0.5, 0.6) is 0 Å². The lowest BCUT2D eigenvalue weighted by Crippen LogP contribution is -2.37. The smallest absolute Gasteiger partial charge is 0.215 e. The third kappa shape index (κ3) is 3.58. The molecular weight excluding hydrogens is 228 g/mol. The zero-order chi connectivity index (χ0) is 12.2. The molecule has 0 aliphatic carbocycles. The first-order chi connectivity index (χ1) is 7.45. The van der Waals surface area contributed by atoms with Gasteiger partial charge in [0.2, 0.25) is 10.0 Å². The molecule has 1 atom stereocenters. The van der Waals surface area contributed by atoms with Crippen molar-refractivity contribution in [3.8, 4) is 0 Å². The molecule has 1 aromatic rings. The van der Waals surface area contributed by atoms with Crippen LogP contribution in [0.25, 0.3) is 0 Å². The van der Waals surface area contributed by atoms with E-state index in [0.29, 0.717) is 6.54 Å². The molecule has 2 N–H and O–H groups in total. The highest BCUT2D eigenvalue weighted by Gasteiger charge is 2.19. The van der Waals surface area contributed by atoms with E-state index in [0.717, 1.165) is 5.56 Å². The minimum atomic E-state index is -3.26. The lowest BCUT2D eigenvalue weighted by atomic mass is 10.4. The van der Waals surface area contributed by atoms with E-state index < -0.39 is 15.3 Å². The normalized spacial score (nSPS) is 13.9. The quantitative estimate of drug-likeness (QED) is 0.706. The molecule has 0 aromatic carbocycles. The van der Waals surface area contributed by atoms with Crippen molar-refractivity contribution in [2.24, 2.45) is 7.05 Å². The summed E-state index contributed by atoms with van der Waals surface area (Å²) in [6.45, 7) is 2.38. The van der Waals surface area contributed by atoms with Gasteiger partial charge < -0.3 is 5.32 Å². The molecule has 1 heterocycles. The van der Waals surface area contributed by atoms with Crippen molar-refractivity contribution in [3.63, 3.8) is 0 Å². The van der Waals surface area contributed by atoms with Crippen molar-refractivity contribution in [1.82, 2.24) is 19.8 Å². The fraction of sp³-hybridized carbons (Fsp3) is 0.667. The Morgan fingerprint density at radius 3 is 2.75 bits per heavy atom. The molecule has 0 fully saturated rings. The summed E-state index contributed by atoms with van der Waals surface area (Å²) in [5.74, 6) is 0. The molecule has 7 heteroatoms. The lowest BCUT2D eigenvalue weighted by Gasteiger charge is -2.12. The molecule has 0 spiro atoms. The summed E-state index contributed by atoms with van der Waals surface area (Å²) in [4.78, 5) is 0. The molecule has 0 amide bonds. The van der Waals surface area contributed by atoms with Gasteiger partial charge in [-0.1, -0.05) is 0 Å². The summed E-state index contributed by atoms with van der Waals surface area (Å²) in [5, 5.41) is 6.36. The summed E-state index contributed by atoms with van der Waals surface area (Å²) in [7, 11) is 0.262. The molecule has 92 valence electrons. The first kappa shape index (κ1) is 13.1. The molecule has 0 saturated heterocycles. The highest BCUT2D eigenvalue weighted by Crippen LogP contribution is 2.01. The maximum Gasteiger partial charge on any atom is 0.215 e. The number of nitrogens with one attached hydrogen (secondary N) is 2. The second kappa shape index (κ2) is 5.42. The third-order valence-electron chi connectivity index (χ3n) is 2.26. The molecular formula is C9H18N4O2S. The van der Waals surface area contributed by atoms with Crippen LogP contribution in [0.2, 0.25) is 0 Å². The van der Waals surface area contributed by atoms with Gasteiger partial charge in [0.05, 0.1) is 11.4 Å². The number of hydrogen-bond acceptors (Lipinski definition) is 4. The van der Waals surface area contributed by atoms with Crippen LogP contribution in [0.4, 0.5) is 0 Å². The van der Waals surface area contributed by atoms with Gasteiger partial charge in [-0.05, 0) is 14.0 Å². The number of aromatic nitrogens is 2. The van der Waals surface area contributed by atoms with Crippen molar-refractivity contribution in [2.45, 2.75) is 18.7 Å². The number of sulfonamides is 1. The van der Waals surface area contributed by atoms with Gasteiger partial charge in [0.25, 0.3) is 0 Å². The second-order valence-electron chi connectivity index (χ2n) is 3.76. The van der Waals surface area contributed by atoms with Gasteiger partial charge in [-0.3, -0.25) is 4.68 Å². The minimum Gasteiger partial charge on any atom is -0.318 e. The van der Waals surface area contributed by atoms with Gasteiger partial charge >= 0.3 is 0 Å². The SMILES string of the molecule is CNCC(C)S(=O)(=O)NCc1cnn(C)c1. The topological polar surface area (TPSA) is 76.0 Å². The van der Waals surface area contributed by atoms with Crippen molar-refractivity contribution in [2.75, 3.05) is 13.6 Å². The molecule has 1 rings (SSSR count). The second-order valence-corrected chi connectivity index (χ2v) is 5.94. The van der Waals surface area contributed by atoms with E-state index in [1.165, 1.54) is 0 Å². The summed E-state index contributed by atoms with van der Waals surface area (Å²) < 4.78 is 27.6. The minimum absolute atomic E-state index is 0.282. The Balaban J connectivity index is 2.54. The van der Waals surface area contributed by atoms with Crippen molar-refractivity contribution >= 4 is 10.0 Å². The first-order valence-electron chi connectivity index (χ1n) is 5.06. The average Bonchev–Trinajstić information content (AvgIpc) is 2.62. The summed E-state index contributed by atoms with van der Waals surface area (Å²) in [6, 6.07) is 0. The number of nitrogens with zero attached hydrogens (tertiary/aromatic N) is 2. The van der Waals surface area contributed by atoms with E-state index in [4.69, 9.17) is 0 Å². The number of hydrogen-bond donors (Lipinski definition) is 2. The summed E-state index contributed by atoms with van der Waals surface area (Å²) in [6.07, 6.45) is 3.43. The Morgan fingerprint density at radius 1 is 1.56 bits per heavy atom. The Morgan fingerprint density at radius 2 is 2.25 bits per heavy atom. The highest BCUT2D eigenvalue weighted by atomic mass is 32.2. The largest absolute Gasteiger partial charge is 0.318 e. The molecule has 6 nitrogen and oxygen atoms in total. The van der Waals surface area contributed by atoms with E-state index in [9.17, 15) is 8.42 Å². The maximum absolute atomic E-state index is 11.7. The third-order valence-corrected chi connectivity index (χ3v) is 4.03. The van der Waals surface area contributed by atoms with Crippen LogP contribution in [0.15, 0.2) is 12.4 Å². The fourth-order valence-electron chi connectivity index (χ4n) is 1.29. The zero-order valence-corrected chi connectivity index (χ0v) is 10.6. The van der Waals surface area contributed by atoms with Crippen molar-refractivity contribution in [3.05, 3.63) is 18.0 Å². The van der Waals surface area contributed by atoms with E-state index in [1.807, 2.05) is 0 Å². The first-order valence-corrected chi connectivity index (χ1v) is 6.61. The Kier molecular flexibility index (Phi) is 4.45. The van der Waals surface area contributed by atoms with Gasteiger partial charge in [-0.25, -0.2) is 13.1 Å². The Hall–Kier alpha value is -0.920. The van der Waals surface area contributed by atoms with Crippen LogP contribution >= 0.6 is 0 Å². The van der Waals surface area contributed by atoms with Crippen LogP contribution in [-0.4, -0.2) is 37.0 Å². The van der Waals surface area contributed by atoms with Gasteiger partial charge in [0.15, 0.2) is 0 Å². The van der Waals surface area contributed by atoms with Crippen LogP contribution < -0.4 is 10.0 Å².